The molecule has 96 valence electrons. The highest BCUT2D eigenvalue weighted by molar-refractivity contribution is 4.80. The first-order chi connectivity index (χ1) is 7.74. The Labute approximate surface area is 101 Å². The smallest absolute Gasteiger partial charge is 0.0593 e. The number of piperazine rings is 1. The molecule has 0 aliphatic carbocycles. The Bertz CT molecular complexity index is 173. The minimum Gasteiger partial charge on any atom is -0.380 e. The van der Waals surface area contributed by atoms with Crippen molar-refractivity contribution in [2.24, 2.45) is 5.92 Å². The Kier molecular flexibility index (Phi) is 7.01. The van der Waals surface area contributed by atoms with Gasteiger partial charge < -0.3 is 10.1 Å². The quantitative estimate of drug-likeness (QED) is 0.672. The van der Waals surface area contributed by atoms with Gasteiger partial charge in [-0.1, -0.05) is 20.8 Å². The summed E-state index contributed by atoms with van der Waals surface area (Å²) >= 11 is 0. The lowest BCUT2D eigenvalue weighted by Gasteiger charge is -2.37. The minimum atomic E-state index is 0.707. The van der Waals surface area contributed by atoms with Crippen LogP contribution in [0.2, 0.25) is 0 Å². The molecular formula is C13H28N2O. The summed E-state index contributed by atoms with van der Waals surface area (Å²) in [5, 5.41) is 3.49. The van der Waals surface area contributed by atoms with E-state index in [1.807, 2.05) is 0 Å². The van der Waals surface area contributed by atoms with Crippen molar-refractivity contribution in [2.75, 3.05) is 39.4 Å². The van der Waals surface area contributed by atoms with Gasteiger partial charge >= 0.3 is 0 Å². The first-order valence-electron chi connectivity index (χ1n) is 6.76. The molecule has 16 heavy (non-hydrogen) atoms. The van der Waals surface area contributed by atoms with E-state index in [4.69, 9.17) is 4.74 Å². The zero-order chi connectivity index (χ0) is 11.8. The number of ether oxygens (including phenoxy) is 1. The third-order valence-electron chi connectivity index (χ3n) is 3.09. The van der Waals surface area contributed by atoms with Crippen molar-refractivity contribution in [3.8, 4) is 0 Å². The molecule has 1 atom stereocenters. The number of hydrogen-bond acceptors (Lipinski definition) is 3. The van der Waals surface area contributed by atoms with Crippen molar-refractivity contribution in [1.29, 1.82) is 0 Å². The van der Waals surface area contributed by atoms with Crippen LogP contribution in [0, 0.1) is 5.92 Å². The molecule has 0 spiro atoms. The zero-order valence-electron chi connectivity index (χ0n) is 11.2. The zero-order valence-corrected chi connectivity index (χ0v) is 11.2. The van der Waals surface area contributed by atoms with Gasteiger partial charge in [-0.25, -0.2) is 0 Å². The fraction of sp³-hybridized carbons (Fsp3) is 1.00. The van der Waals surface area contributed by atoms with Gasteiger partial charge in [0.05, 0.1) is 6.61 Å². The van der Waals surface area contributed by atoms with E-state index in [9.17, 15) is 0 Å². The van der Waals surface area contributed by atoms with E-state index in [1.54, 1.807) is 0 Å². The number of nitrogens with zero attached hydrogens (tertiary/aromatic N) is 1. The van der Waals surface area contributed by atoms with Gasteiger partial charge in [0.25, 0.3) is 0 Å². The summed E-state index contributed by atoms with van der Waals surface area (Å²) in [6.45, 7) is 13.1. The largest absolute Gasteiger partial charge is 0.380 e. The molecule has 0 bridgehead atoms. The monoisotopic (exact) mass is 228 g/mol. The summed E-state index contributed by atoms with van der Waals surface area (Å²) in [6, 6.07) is 0.707. The Morgan fingerprint density at radius 1 is 1.38 bits per heavy atom. The average molecular weight is 228 g/mol. The maximum Gasteiger partial charge on any atom is 0.0593 e. The van der Waals surface area contributed by atoms with Crippen LogP contribution in [-0.2, 0) is 4.74 Å². The molecule has 0 aromatic carbocycles. The summed E-state index contributed by atoms with van der Waals surface area (Å²) in [4.78, 5) is 2.59. The van der Waals surface area contributed by atoms with E-state index in [2.05, 4.69) is 31.0 Å². The molecule has 1 aliphatic heterocycles. The van der Waals surface area contributed by atoms with Gasteiger partial charge in [0.2, 0.25) is 0 Å². The number of nitrogens with one attached hydrogen (secondary N) is 1. The average Bonchev–Trinajstić information content (AvgIpc) is 2.26. The first-order valence-corrected chi connectivity index (χ1v) is 6.76. The van der Waals surface area contributed by atoms with Gasteiger partial charge in [0.1, 0.15) is 0 Å². The topological polar surface area (TPSA) is 24.5 Å². The van der Waals surface area contributed by atoms with Crippen LogP contribution >= 0.6 is 0 Å². The summed E-state index contributed by atoms with van der Waals surface area (Å²) in [6.07, 6.45) is 2.41. The Hall–Kier alpha value is -0.120. The third-order valence-corrected chi connectivity index (χ3v) is 3.09. The maximum atomic E-state index is 5.58. The van der Waals surface area contributed by atoms with E-state index >= 15 is 0 Å². The molecule has 0 radical (unpaired) electrons. The molecule has 1 N–H and O–H groups in total. The van der Waals surface area contributed by atoms with Crippen molar-refractivity contribution < 1.29 is 4.74 Å². The molecule has 0 aromatic rings. The molecule has 3 heteroatoms. The Morgan fingerprint density at radius 3 is 2.88 bits per heavy atom. The molecule has 3 nitrogen and oxygen atoms in total. The van der Waals surface area contributed by atoms with E-state index in [0.29, 0.717) is 6.04 Å². The van der Waals surface area contributed by atoms with Crippen molar-refractivity contribution >= 4 is 0 Å². The fourth-order valence-electron chi connectivity index (χ4n) is 2.30. The van der Waals surface area contributed by atoms with E-state index in [-0.39, 0.29) is 0 Å². The Morgan fingerprint density at radius 2 is 2.19 bits per heavy atom. The van der Waals surface area contributed by atoms with Crippen LogP contribution in [-0.4, -0.2) is 50.3 Å². The molecular weight excluding hydrogens is 200 g/mol. The molecule has 1 aliphatic rings. The second kappa shape index (κ2) is 8.04. The van der Waals surface area contributed by atoms with Crippen LogP contribution in [0.5, 0.6) is 0 Å². The van der Waals surface area contributed by atoms with Crippen molar-refractivity contribution in [3.63, 3.8) is 0 Å². The Balaban J connectivity index is 2.23. The van der Waals surface area contributed by atoms with Gasteiger partial charge in [0.15, 0.2) is 0 Å². The molecule has 1 rings (SSSR count). The highest BCUT2D eigenvalue weighted by atomic mass is 16.5. The maximum absolute atomic E-state index is 5.58. The van der Waals surface area contributed by atoms with Crippen molar-refractivity contribution in [1.82, 2.24) is 10.2 Å². The van der Waals surface area contributed by atoms with Crippen LogP contribution in [0.15, 0.2) is 0 Å². The van der Waals surface area contributed by atoms with E-state index in [1.165, 1.54) is 13.0 Å². The van der Waals surface area contributed by atoms with Crippen LogP contribution in [0.3, 0.4) is 0 Å². The molecule has 0 saturated carbocycles. The lowest BCUT2D eigenvalue weighted by atomic mass is 10.0. The summed E-state index contributed by atoms with van der Waals surface area (Å²) in [7, 11) is 0. The molecule has 1 saturated heterocycles. The van der Waals surface area contributed by atoms with Gasteiger partial charge in [0, 0.05) is 38.8 Å². The summed E-state index contributed by atoms with van der Waals surface area (Å²) in [5.74, 6) is 0.781. The minimum absolute atomic E-state index is 0.707. The van der Waals surface area contributed by atoms with Gasteiger partial charge in [-0.3, -0.25) is 4.90 Å². The fourth-order valence-corrected chi connectivity index (χ4v) is 2.30. The second-order valence-electron chi connectivity index (χ2n) is 5.14. The van der Waals surface area contributed by atoms with Crippen molar-refractivity contribution in [2.45, 2.75) is 39.7 Å². The predicted octanol–water partition coefficient (Wildman–Crippen LogP) is 1.73. The van der Waals surface area contributed by atoms with Crippen LogP contribution < -0.4 is 5.32 Å². The highest BCUT2D eigenvalue weighted by Crippen LogP contribution is 2.12. The highest BCUT2D eigenvalue weighted by Gasteiger charge is 2.22. The van der Waals surface area contributed by atoms with Crippen LogP contribution in [0.1, 0.15) is 33.6 Å². The van der Waals surface area contributed by atoms with Gasteiger partial charge in [-0.05, 0) is 18.8 Å². The molecule has 1 fully saturated rings. The number of hydrogen-bond donors (Lipinski definition) is 1. The molecule has 1 heterocycles. The molecule has 0 aromatic heterocycles. The molecule has 1 unspecified atom stereocenters. The van der Waals surface area contributed by atoms with Crippen LogP contribution in [0.4, 0.5) is 0 Å². The standard InChI is InChI=1S/C13H28N2O/c1-4-8-16-9-7-15-6-5-14-11-13(15)10-12(2)3/h12-14H,4-11H2,1-3H3. The second-order valence-corrected chi connectivity index (χ2v) is 5.14. The lowest BCUT2D eigenvalue weighted by Crippen LogP contribution is -2.52. The SMILES string of the molecule is CCCOCCN1CCNCC1CC(C)C. The molecule has 0 amide bonds. The van der Waals surface area contributed by atoms with Crippen molar-refractivity contribution in [3.05, 3.63) is 0 Å². The third kappa shape index (κ3) is 5.28. The predicted molar refractivity (Wildman–Crippen MR) is 68.8 cm³/mol. The van der Waals surface area contributed by atoms with Gasteiger partial charge in [-0.15, -0.1) is 0 Å². The summed E-state index contributed by atoms with van der Waals surface area (Å²) < 4.78 is 5.58. The normalized spacial score (nSPS) is 22.9. The number of rotatable bonds is 7. The van der Waals surface area contributed by atoms with E-state index < -0.39 is 0 Å². The van der Waals surface area contributed by atoms with Gasteiger partial charge in [-0.2, -0.15) is 0 Å². The van der Waals surface area contributed by atoms with Crippen LogP contribution in [0.25, 0.3) is 0 Å². The first kappa shape index (κ1) is 13.9. The lowest BCUT2D eigenvalue weighted by molar-refractivity contribution is 0.0709. The van der Waals surface area contributed by atoms with E-state index in [0.717, 1.165) is 45.2 Å². The summed E-state index contributed by atoms with van der Waals surface area (Å²) in [5.41, 5.74) is 0.